The average Bonchev–Trinajstić information content (AvgIpc) is 2.56. The Labute approximate surface area is 148 Å². The Balaban J connectivity index is 1.86. The molecule has 2 aromatic rings. The molecule has 25 heavy (non-hydrogen) atoms. The van der Waals surface area contributed by atoms with Gasteiger partial charge in [-0.3, -0.25) is 19.7 Å². The Morgan fingerprint density at radius 2 is 1.84 bits per heavy atom. The highest BCUT2D eigenvalue weighted by molar-refractivity contribution is 6.32. The van der Waals surface area contributed by atoms with E-state index in [1.54, 1.807) is 12.1 Å². The van der Waals surface area contributed by atoms with Crippen molar-refractivity contribution in [1.29, 1.82) is 0 Å². The van der Waals surface area contributed by atoms with E-state index in [0.717, 1.165) is 11.6 Å². The van der Waals surface area contributed by atoms with E-state index >= 15 is 0 Å². The number of nitro groups is 1. The second kappa shape index (κ2) is 8.25. The van der Waals surface area contributed by atoms with Gasteiger partial charge in [0.25, 0.3) is 5.69 Å². The molecule has 0 heterocycles. The van der Waals surface area contributed by atoms with Crippen molar-refractivity contribution in [2.24, 2.45) is 0 Å². The van der Waals surface area contributed by atoms with Gasteiger partial charge in [-0.1, -0.05) is 29.3 Å². The summed E-state index contributed by atoms with van der Waals surface area (Å²) in [6, 6.07) is 10.9. The largest absolute Gasteiger partial charge is 0.427 e. The zero-order valence-electron chi connectivity index (χ0n) is 13.3. The molecule has 0 bridgehead atoms. The highest BCUT2D eigenvalue weighted by atomic mass is 35.5. The van der Waals surface area contributed by atoms with Crippen molar-refractivity contribution in [2.75, 3.05) is 5.32 Å². The van der Waals surface area contributed by atoms with Gasteiger partial charge in [0, 0.05) is 18.2 Å². The molecule has 2 rings (SSSR count). The summed E-state index contributed by atoms with van der Waals surface area (Å²) in [4.78, 5) is 33.8. The Bertz CT molecular complexity index is 805. The molecule has 1 amide bonds. The van der Waals surface area contributed by atoms with Crippen LogP contribution in [-0.2, 0) is 9.59 Å². The van der Waals surface area contributed by atoms with E-state index in [0.29, 0.717) is 5.75 Å². The second-order valence-electron chi connectivity index (χ2n) is 5.26. The lowest BCUT2D eigenvalue weighted by Crippen LogP contribution is -2.16. The molecule has 0 saturated heterocycles. The van der Waals surface area contributed by atoms with Gasteiger partial charge in [-0.15, -0.1) is 0 Å². The number of amides is 1. The van der Waals surface area contributed by atoms with E-state index in [4.69, 9.17) is 16.3 Å². The third-order valence-electron chi connectivity index (χ3n) is 3.24. The maximum Gasteiger partial charge on any atom is 0.311 e. The van der Waals surface area contributed by atoms with Crippen LogP contribution in [0.5, 0.6) is 5.75 Å². The molecule has 7 nitrogen and oxygen atoms in total. The number of nitrogens with one attached hydrogen (secondary N) is 1. The Kier molecular flexibility index (Phi) is 6.08. The Hall–Kier alpha value is -2.93. The number of nitrogens with zero attached hydrogens (tertiary/aromatic N) is 1. The number of rotatable bonds is 6. The van der Waals surface area contributed by atoms with Crippen molar-refractivity contribution in [3.05, 3.63) is 63.2 Å². The summed E-state index contributed by atoms with van der Waals surface area (Å²) in [5.74, 6) is -0.595. The van der Waals surface area contributed by atoms with Crippen LogP contribution in [0.1, 0.15) is 18.4 Å². The molecule has 0 fully saturated rings. The van der Waals surface area contributed by atoms with Gasteiger partial charge in [-0.2, -0.15) is 0 Å². The van der Waals surface area contributed by atoms with Gasteiger partial charge < -0.3 is 10.1 Å². The van der Waals surface area contributed by atoms with Crippen LogP contribution in [0.4, 0.5) is 11.4 Å². The number of anilines is 1. The summed E-state index contributed by atoms with van der Waals surface area (Å²) in [5, 5.41) is 13.3. The number of halogens is 1. The van der Waals surface area contributed by atoms with Gasteiger partial charge in [-0.25, -0.2) is 0 Å². The standard InChI is InChI=1S/C17H15ClN2O5/c1-11-2-5-13(6-3-11)25-17(22)9-8-16(21)19-12-4-7-14(18)15(10-12)20(23)24/h2-7,10H,8-9H2,1H3,(H,19,21). The molecule has 0 aliphatic carbocycles. The second-order valence-corrected chi connectivity index (χ2v) is 5.67. The fourth-order valence-electron chi connectivity index (χ4n) is 1.96. The summed E-state index contributed by atoms with van der Waals surface area (Å²) < 4.78 is 5.11. The lowest BCUT2D eigenvalue weighted by molar-refractivity contribution is -0.384. The number of esters is 1. The third-order valence-corrected chi connectivity index (χ3v) is 3.56. The number of hydrogen-bond donors (Lipinski definition) is 1. The smallest absolute Gasteiger partial charge is 0.311 e. The minimum atomic E-state index is -0.642. The van der Waals surface area contributed by atoms with Crippen LogP contribution in [0.15, 0.2) is 42.5 Å². The zero-order chi connectivity index (χ0) is 18.4. The van der Waals surface area contributed by atoms with Crippen LogP contribution >= 0.6 is 11.6 Å². The SMILES string of the molecule is Cc1ccc(OC(=O)CCC(=O)Nc2ccc(Cl)c([N+](=O)[O-])c2)cc1. The molecular formula is C17H15ClN2O5. The summed E-state index contributed by atoms with van der Waals surface area (Å²) in [7, 11) is 0. The van der Waals surface area contributed by atoms with E-state index in [1.807, 2.05) is 19.1 Å². The maximum absolute atomic E-state index is 11.9. The van der Waals surface area contributed by atoms with Gasteiger partial charge in [0.1, 0.15) is 10.8 Å². The van der Waals surface area contributed by atoms with Gasteiger partial charge >= 0.3 is 5.97 Å². The van der Waals surface area contributed by atoms with Crippen LogP contribution in [-0.4, -0.2) is 16.8 Å². The molecule has 0 radical (unpaired) electrons. The summed E-state index contributed by atoms with van der Waals surface area (Å²) in [6.07, 6.45) is -0.226. The number of carbonyl (C=O) groups excluding carboxylic acids is 2. The highest BCUT2D eigenvalue weighted by Gasteiger charge is 2.15. The molecule has 0 aliphatic rings. The minimum Gasteiger partial charge on any atom is -0.427 e. The molecule has 2 aromatic carbocycles. The predicted molar refractivity (Wildman–Crippen MR) is 92.8 cm³/mol. The van der Waals surface area contributed by atoms with Crippen molar-refractivity contribution in [3.8, 4) is 5.75 Å². The average molecular weight is 363 g/mol. The molecule has 0 spiro atoms. The number of nitro benzene ring substituents is 1. The van der Waals surface area contributed by atoms with Crippen LogP contribution in [0.3, 0.4) is 0 Å². The predicted octanol–water partition coefficient (Wildman–Crippen LogP) is 3.88. The topological polar surface area (TPSA) is 98.5 Å². The molecule has 0 unspecified atom stereocenters. The first-order valence-electron chi connectivity index (χ1n) is 7.36. The van der Waals surface area contributed by atoms with Crippen molar-refractivity contribution >= 4 is 34.9 Å². The van der Waals surface area contributed by atoms with Crippen molar-refractivity contribution in [2.45, 2.75) is 19.8 Å². The normalized spacial score (nSPS) is 10.2. The lowest BCUT2D eigenvalue weighted by atomic mass is 10.2. The van der Waals surface area contributed by atoms with E-state index < -0.39 is 16.8 Å². The molecule has 0 saturated carbocycles. The molecule has 0 aromatic heterocycles. The van der Waals surface area contributed by atoms with Crippen LogP contribution < -0.4 is 10.1 Å². The van der Waals surface area contributed by atoms with Gasteiger partial charge in [-0.05, 0) is 31.2 Å². The van der Waals surface area contributed by atoms with E-state index in [-0.39, 0.29) is 29.2 Å². The Morgan fingerprint density at radius 3 is 2.48 bits per heavy atom. The summed E-state index contributed by atoms with van der Waals surface area (Å²) in [6.45, 7) is 1.91. The molecule has 0 aliphatic heterocycles. The summed E-state index contributed by atoms with van der Waals surface area (Å²) in [5.41, 5.74) is 0.961. The molecule has 0 atom stereocenters. The number of hydrogen-bond acceptors (Lipinski definition) is 5. The number of carbonyl (C=O) groups is 2. The summed E-state index contributed by atoms with van der Waals surface area (Å²) >= 11 is 5.70. The molecule has 130 valence electrons. The minimum absolute atomic E-state index is 0.0234. The molecular weight excluding hydrogens is 348 g/mol. The quantitative estimate of drug-likeness (QED) is 0.364. The van der Waals surface area contributed by atoms with Crippen molar-refractivity contribution < 1.29 is 19.2 Å². The van der Waals surface area contributed by atoms with E-state index in [2.05, 4.69) is 5.32 Å². The highest BCUT2D eigenvalue weighted by Crippen LogP contribution is 2.27. The maximum atomic E-state index is 11.9. The van der Waals surface area contributed by atoms with Gasteiger partial charge in [0.05, 0.1) is 11.3 Å². The number of aryl methyl sites for hydroxylation is 1. The fraction of sp³-hybridized carbons (Fsp3) is 0.176. The Morgan fingerprint density at radius 1 is 1.16 bits per heavy atom. The van der Waals surface area contributed by atoms with Crippen molar-refractivity contribution in [1.82, 2.24) is 0 Å². The zero-order valence-corrected chi connectivity index (χ0v) is 14.1. The first-order chi connectivity index (χ1) is 11.8. The number of benzene rings is 2. The monoisotopic (exact) mass is 362 g/mol. The van der Waals surface area contributed by atoms with Crippen molar-refractivity contribution in [3.63, 3.8) is 0 Å². The van der Waals surface area contributed by atoms with Gasteiger partial charge in [0.15, 0.2) is 0 Å². The first-order valence-corrected chi connectivity index (χ1v) is 7.74. The van der Waals surface area contributed by atoms with Crippen LogP contribution in [0, 0.1) is 17.0 Å². The molecule has 8 heteroatoms. The number of ether oxygens (including phenoxy) is 1. The van der Waals surface area contributed by atoms with Crippen LogP contribution in [0.25, 0.3) is 0 Å². The van der Waals surface area contributed by atoms with E-state index in [1.165, 1.54) is 12.1 Å². The fourth-order valence-corrected chi connectivity index (χ4v) is 2.14. The third kappa shape index (κ3) is 5.58. The molecule has 1 N–H and O–H groups in total. The van der Waals surface area contributed by atoms with Crippen LogP contribution in [0.2, 0.25) is 5.02 Å². The van der Waals surface area contributed by atoms with Gasteiger partial charge in [0.2, 0.25) is 5.91 Å². The first kappa shape index (κ1) is 18.4. The lowest BCUT2D eigenvalue weighted by Gasteiger charge is -2.06. The van der Waals surface area contributed by atoms with E-state index in [9.17, 15) is 19.7 Å².